The molecule has 0 unspecified atom stereocenters. The lowest BCUT2D eigenvalue weighted by atomic mass is 10.2. The van der Waals surface area contributed by atoms with Crippen molar-refractivity contribution in [3.05, 3.63) is 0 Å². The van der Waals surface area contributed by atoms with Gasteiger partial charge in [0.15, 0.2) is 0 Å². The first-order valence-electron chi connectivity index (χ1n) is 7.76. The third-order valence-electron chi connectivity index (χ3n) is 2.91. The van der Waals surface area contributed by atoms with Gasteiger partial charge in [-0.2, -0.15) is 5.26 Å². The number of nitriles is 1. The summed E-state index contributed by atoms with van der Waals surface area (Å²) in [6.45, 7) is 10.5. The third kappa shape index (κ3) is 11.8. The summed E-state index contributed by atoms with van der Waals surface area (Å²) in [4.78, 5) is 0. The van der Waals surface area contributed by atoms with Gasteiger partial charge in [-0.25, -0.2) is 0 Å². The molecule has 118 valence electrons. The van der Waals surface area contributed by atoms with E-state index in [1.807, 2.05) is 0 Å². The van der Waals surface area contributed by atoms with E-state index in [9.17, 15) is 0 Å². The minimum atomic E-state index is -2.00. The molecular formula is C15H31NO2SSi. The predicted molar refractivity (Wildman–Crippen MR) is 90.0 cm³/mol. The molecule has 5 heteroatoms. The monoisotopic (exact) mass is 317 g/mol. The van der Waals surface area contributed by atoms with Gasteiger partial charge in [0.2, 0.25) is 0 Å². The van der Waals surface area contributed by atoms with Crippen LogP contribution in [0.2, 0.25) is 12.6 Å². The van der Waals surface area contributed by atoms with Gasteiger partial charge in [-0.05, 0) is 58.5 Å². The lowest BCUT2D eigenvalue weighted by molar-refractivity contribution is 0.109. The van der Waals surface area contributed by atoms with E-state index in [1.54, 1.807) is 0 Å². The van der Waals surface area contributed by atoms with Crippen LogP contribution in [-0.2, 0) is 8.85 Å². The second-order valence-corrected chi connectivity index (χ2v) is 10.0. The number of hydrogen-bond donors (Lipinski definition) is 0. The SMILES string of the molecule is CC(C)O[Si](C)(CCCCCCCSC#N)OC(C)C. The van der Waals surface area contributed by atoms with Crippen molar-refractivity contribution in [3.63, 3.8) is 0 Å². The van der Waals surface area contributed by atoms with E-state index in [2.05, 4.69) is 39.6 Å². The topological polar surface area (TPSA) is 42.2 Å². The number of unbranched alkanes of at least 4 members (excludes halogenated alkanes) is 4. The van der Waals surface area contributed by atoms with E-state index in [-0.39, 0.29) is 12.2 Å². The Morgan fingerprint density at radius 2 is 1.45 bits per heavy atom. The van der Waals surface area contributed by atoms with Crippen molar-refractivity contribution in [2.75, 3.05) is 5.75 Å². The molecule has 0 bridgehead atoms. The highest BCUT2D eigenvalue weighted by molar-refractivity contribution is 8.03. The van der Waals surface area contributed by atoms with Gasteiger partial charge in [-0.1, -0.05) is 25.7 Å². The largest absolute Gasteiger partial charge is 0.392 e. The van der Waals surface area contributed by atoms with Crippen molar-refractivity contribution < 1.29 is 8.85 Å². The van der Waals surface area contributed by atoms with Crippen LogP contribution in [0.4, 0.5) is 0 Å². The average molecular weight is 318 g/mol. The van der Waals surface area contributed by atoms with E-state index in [0.717, 1.165) is 18.2 Å². The first-order chi connectivity index (χ1) is 9.39. The van der Waals surface area contributed by atoms with Crippen molar-refractivity contribution in [2.45, 2.75) is 84.6 Å². The Balaban J connectivity index is 3.82. The Bertz CT molecular complexity index is 270. The van der Waals surface area contributed by atoms with E-state index in [1.165, 1.54) is 37.4 Å². The van der Waals surface area contributed by atoms with Gasteiger partial charge >= 0.3 is 8.56 Å². The maximum absolute atomic E-state index is 8.43. The fourth-order valence-corrected chi connectivity index (χ4v) is 5.96. The third-order valence-corrected chi connectivity index (χ3v) is 6.74. The maximum atomic E-state index is 8.43. The average Bonchev–Trinajstić information content (AvgIpc) is 2.30. The number of hydrogen-bond acceptors (Lipinski definition) is 4. The van der Waals surface area contributed by atoms with Crippen molar-refractivity contribution >= 4 is 20.3 Å². The molecule has 0 aliphatic heterocycles. The van der Waals surface area contributed by atoms with Crippen LogP contribution in [0.25, 0.3) is 0 Å². The van der Waals surface area contributed by atoms with Crippen LogP contribution in [-0.4, -0.2) is 26.5 Å². The molecule has 0 aromatic carbocycles. The Morgan fingerprint density at radius 3 is 1.95 bits per heavy atom. The summed E-state index contributed by atoms with van der Waals surface area (Å²) >= 11 is 1.36. The summed E-state index contributed by atoms with van der Waals surface area (Å²) in [5.74, 6) is 0.968. The van der Waals surface area contributed by atoms with Crippen LogP contribution >= 0.6 is 11.8 Å². The van der Waals surface area contributed by atoms with Crippen molar-refractivity contribution in [1.82, 2.24) is 0 Å². The van der Waals surface area contributed by atoms with Crippen LogP contribution in [0, 0.1) is 10.7 Å². The van der Waals surface area contributed by atoms with Gasteiger partial charge in [-0.3, -0.25) is 0 Å². The molecule has 0 N–H and O–H groups in total. The minimum Gasteiger partial charge on any atom is -0.392 e. The van der Waals surface area contributed by atoms with E-state index < -0.39 is 8.56 Å². The van der Waals surface area contributed by atoms with Crippen LogP contribution in [0.15, 0.2) is 0 Å². The molecule has 0 atom stereocenters. The normalized spacial score (nSPS) is 12.1. The lowest BCUT2D eigenvalue weighted by Gasteiger charge is -2.31. The number of thiocyanates is 1. The molecule has 0 radical (unpaired) electrons. The Morgan fingerprint density at radius 1 is 0.950 bits per heavy atom. The molecule has 0 heterocycles. The molecule has 0 aromatic heterocycles. The molecule has 0 amide bonds. The zero-order chi connectivity index (χ0) is 15.4. The fraction of sp³-hybridized carbons (Fsp3) is 0.933. The number of rotatable bonds is 12. The fourth-order valence-electron chi connectivity index (χ4n) is 2.34. The molecule has 0 saturated carbocycles. The molecular weight excluding hydrogens is 286 g/mol. The standard InChI is InChI=1S/C15H31NO2SSi/c1-14(2)17-20(5,18-15(3)4)12-10-8-6-7-9-11-19-13-16/h14-15H,6-12H2,1-5H3. The van der Waals surface area contributed by atoms with Gasteiger partial charge in [-0.15, -0.1) is 0 Å². The van der Waals surface area contributed by atoms with Gasteiger partial charge in [0, 0.05) is 18.0 Å². The van der Waals surface area contributed by atoms with Crippen LogP contribution in [0.1, 0.15) is 59.8 Å². The van der Waals surface area contributed by atoms with Crippen molar-refractivity contribution in [2.24, 2.45) is 0 Å². The first-order valence-corrected chi connectivity index (χ1v) is 11.3. The summed E-state index contributed by atoms with van der Waals surface area (Å²) < 4.78 is 12.2. The highest BCUT2D eigenvalue weighted by Crippen LogP contribution is 2.22. The number of thioether (sulfide) groups is 1. The number of nitrogens with zero attached hydrogens (tertiary/aromatic N) is 1. The van der Waals surface area contributed by atoms with E-state index in [4.69, 9.17) is 14.1 Å². The molecule has 3 nitrogen and oxygen atoms in total. The van der Waals surface area contributed by atoms with Crippen molar-refractivity contribution in [1.29, 1.82) is 5.26 Å². The molecule has 0 aliphatic rings. The highest BCUT2D eigenvalue weighted by Gasteiger charge is 2.33. The van der Waals surface area contributed by atoms with Gasteiger partial charge in [0.05, 0.1) is 0 Å². The summed E-state index contributed by atoms with van der Waals surface area (Å²) in [5.41, 5.74) is 0. The summed E-state index contributed by atoms with van der Waals surface area (Å²) in [7, 11) is -2.00. The summed E-state index contributed by atoms with van der Waals surface area (Å²) in [6, 6.07) is 1.08. The van der Waals surface area contributed by atoms with Crippen LogP contribution < -0.4 is 0 Å². The molecule has 0 aliphatic carbocycles. The molecule has 0 aromatic rings. The summed E-state index contributed by atoms with van der Waals surface area (Å²) in [6.07, 6.45) is 6.54. The Labute approximate surface area is 130 Å². The zero-order valence-electron chi connectivity index (χ0n) is 13.8. The first kappa shape index (κ1) is 20.0. The molecule has 0 saturated heterocycles. The van der Waals surface area contributed by atoms with Crippen LogP contribution in [0.5, 0.6) is 0 Å². The van der Waals surface area contributed by atoms with Gasteiger partial charge in [0.1, 0.15) is 5.40 Å². The van der Waals surface area contributed by atoms with Gasteiger partial charge < -0.3 is 8.85 Å². The van der Waals surface area contributed by atoms with Crippen LogP contribution in [0.3, 0.4) is 0 Å². The Kier molecular flexibility index (Phi) is 11.6. The van der Waals surface area contributed by atoms with Gasteiger partial charge in [0.25, 0.3) is 0 Å². The second kappa shape index (κ2) is 11.6. The molecule has 0 fully saturated rings. The molecule has 20 heavy (non-hydrogen) atoms. The quantitative estimate of drug-likeness (QED) is 0.286. The highest BCUT2D eigenvalue weighted by atomic mass is 32.2. The van der Waals surface area contributed by atoms with E-state index >= 15 is 0 Å². The van der Waals surface area contributed by atoms with Crippen molar-refractivity contribution in [3.8, 4) is 5.40 Å². The second-order valence-electron chi connectivity index (χ2n) is 5.92. The molecule has 0 spiro atoms. The minimum absolute atomic E-state index is 0.244. The predicted octanol–water partition coefficient (Wildman–Crippen LogP) is 5.07. The Hall–Kier alpha value is -0.0231. The smallest absolute Gasteiger partial charge is 0.335 e. The lowest BCUT2D eigenvalue weighted by Crippen LogP contribution is -2.42. The maximum Gasteiger partial charge on any atom is 0.335 e. The molecule has 0 rings (SSSR count). The summed E-state index contributed by atoms with van der Waals surface area (Å²) in [5, 5.41) is 10.5. The zero-order valence-corrected chi connectivity index (χ0v) is 15.6. The van der Waals surface area contributed by atoms with E-state index in [0.29, 0.717) is 0 Å².